The summed E-state index contributed by atoms with van der Waals surface area (Å²) in [6.45, 7) is 0.0662. The van der Waals surface area contributed by atoms with Crippen molar-refractivity contribution < 1.29 is 27.8 Å². The van der Waals surface area contributed by atoms with Crippen LogP contribution in [0.2, 0.25) is 0 Å². The molecule has 7 heteroatoms. The minimum absolute atomic E-state index is 0.0333. The number of amides is 1. The molecule has 1 aliphatic heterocycles. The zero-order chi connectivity index (χ0) is 14.0. The van der Waals surface area contributed by atoms with Gasteiger partial charge in [-0.2, -0.15) is 0 Å². The normalized spacial score (nSPS) is 19.6. The number of morpholine rings is 1. The van der Waals surface area contributed by atoms with Gasteiger partial charge in [0.25, 0.3) is 5.91 Å². The average Bonchev–Trinajstić information content (AvgIpc) is 2.37. The van der Waals surface area contributed by atoms with Gasteiger partial charge in [0.15, 0.2) is 0 Å². The summed E-state index contributed by atoms with van der Waals surface area (Å²) in [5.41, 5.74) is -0.792. The third-order valence-electron chi connectivity index (χ3n) is 2.85. The first-order valence-corrected chi connectivity index (χ1v) is 5.69. The molecule has 1 aliphatic rings. The molecule has 1 atom stereocenters. The maximum absolute atomic E-state index is 13.5. The molecule has 0 aliphatic carbocycles. The molecular weight excluding hydrogens is 263 g/mol. The molecular formula is C12H12F3NO3. The van der Waals surface area contributed by atoms with Crippen molar-refractivity contribution in [3.63, 3.8) is 0 Å². The van der Waals surface area contributed by atoms with Crippen LogP contribution in [-0.4, -0.2) is 48.3 Å². The monoisotopic (exact) mass is 275 g/mol. The Hall–Kier alpha value is -1.60. The quantitative estimate of drug-likeness (QED) is 0.874. The van der Waals surface area contributed by atoms with E-state index < -0.39 is 35.0 Å². The Bertz CT molecular complexity index is 472. The third-order valence-corrected chi connectivity index (χ3v) is 2.85. The molecule has 0 bridgehead atoms. The number of aliphatic hydroxyl groups excluding tert-OH is 1. The van der Waals surface area contributed by atoms with E-state index in [4.69, 9.17) is 9.84 Å². The van der Waals surface area contributed by atoms with Gasteiger partial charge < -0.3 is 14.7 Å². The summed E-state index contributed by atoms with van der Waals surface area (Å²) < 4.78 is 44.9. The van der Waals surface area contributed by atoms with Crippen molar-refractivity contribution in [3.05, 3.63) is 35.1 Å². The third kappa shape index (κ3) is 2.87. The molecule has 1 unspecified atom stereocenters. The molecule has 1 fully saturated rings. The van der Waals surface area contributed by atoms with E-state index in [1.54, 1.807) is 0 Å². The minimum Gasteiger partial charge on any atom is -0.394 e. The van der Waals surface area contributed by atoms with Crippen molar-refractivity contribution >= 4 is 5.91 Å². The highest BCUT2D eigenvalue weighted by molar-refractivity contribution is 5.94. The van der Waals surface area contributed by atoms with E-state index in [9.17, 15) is 18.0 Å². The molecule has 1 aromatic carbocycles. The summed E-state index contributed by atoms with van der Waals surface area (Å²) in [4.78, 5) is 13.2. The lowest BCUT2D eigenvalue weighted by Gasteiger charge is -2.32. The number of carbonyl (C=O) groups excluding carboxylic acids is 1. The van der Waals surface area contributed by atoms with Crippen LogP contribution in [0.3, 0.4) is 0 Å². The molecule has 1 N–H and O–H groups in total. The first kappa shape index (κ1) is 13.8. The van der Waals surface area contributed by atoms with Crippen molar-refractivity contribution in [2.45, 2.75) is 6.10 Å². The van der Waals surface area contributed by atoms with E-state index in [2.05, 4.69) is 0 Å². The second-order valence-corrected chi connectivity index (χ2v) is 4.17. The topological polar surface area (TPSA) is 49.8 Å². The standard InChI is InChI=1S/C12H12F3NO3/c13-7-3-9(14)11(10(15)4-7)12(18)16-1-2-19-8(5-16)6-17/h3-4,8,17H,1-2,5-6H2. The molecule has 0 saturated carbocycles. The van der Waals surface area contributed by atoms with Gasteiger partial charge in [0.1, 0.15) is 23.0 Å². The summed E-state index contributed by atoms with van der Waals surface area (Å²) in [5, 5.41) is 8.95. The summed E-state index contributed by atoms with van der Waals surface area (Å²) in [6.07, 6.45) is -0.579. The summed E-state index contributed by atoms with van der Waals surface area (Å²) in [7, 11) is 0. The SMILES string of the molecule is O=C(c1c(F)cc(F)cc1F)N1CCOC(CO)C1. The van der Waals surface area contributed by atoms with E-state index in [0.29, 0.717) is 12.1 Å². The van der Waals surface area contributed by atoms with Gasteiger partial charge in [0.2, 0.25) is 0 Å². The smallest absolute Gasteiger partial charge is 0.260 e. The number of halogens is 3. The Balaban J connectivity index is 2.24. The van der Waals surface area contributed by atoms with Crippen LogP contribution in [0, 0.1) is 17.5 Å². The fourth-order valence-corrected chi connectivity index (χ4v) is 1.92. The molecule has 1 saturated heterocycles. The fraction of sp³-hybridized carbons (Fsp3) is 0.417. The van der Waals surface area contributed by atoms with E-state index in [-0.39, 0.29) is 26.3 Å². The number of carbonyl (C=O) groups is 1. The largest absolute Gasteiger partial charge is 0.394 e. The van der Waals surface area contributed by atoms with Gasteiger partial charge >= 0.3 is 0 Å². The van der Waals surface area contributed by atoms with Crippen molar-refractivity contribution in [1.29, 1.82) is 0 Å². The Kier molecular flexibility index (Phi) is 4.06. The molecule has 0 aromatic heterocycles. The molecule has 4 nitrogen and oxygen atoms in total. The lowest BCUT2D eigenvalue weighted by atomic mass is 10.1. The Labute approximate surface area is 107 Å². The van der Waals surface area contributed by atoms with Crippen LogP contribution < -0.4 is 0 Å². The van der Waals surface area contributed by atoms with Crippen molar-refractivity contribution in [2.75, 3.05) is 26.3 Å². The lowest BCUT2D eigenvalue weighted by Crippen LogP contribution is -2.47. The van der Waals surface area contributed by atoms with Crippen molar-refractivity contribution in [1.82, 2.24) is 4.90 Å². The van der Waals surface area contributed by atoms with Crippen LogP contribution in [0.25, 0.3) is 0 Å². The minimum atomic E-state index is -1.24. The van der Waals surface area contributed by atoms with Gasteiger partial charge in [-0.1, -0.05) is 0 Å². The molecule has 1 amide bonds. The van der Waals surface area contributed by atoms with E-state index in [1.165, 1.54) is 4.90 Å². The van der Waals surface area contributed by atoms with E-state index in [0.717, 1.165) is 0 Å². The molecule has 0 radical (unpaired) electrons. The van der Waals surface area contributed by atoms with E-state index in [1.807, 2.05) is 0 Å². The molecule has 1 heterocycles. The predicted octanol–water partition coefficient (Wildman–Crippen LogP) is 0.937. The van der Waals surface area contributed by atoms with Crippen LogP contribution in [0.5, 0.6) is 0 Å². The number of aliphatic hydroxyl groups is 1. The number of nitrogens with zero attached hydrogens (tertiary/aromatic N) is 1. The average molecular weight is 275 g/mol. The Morgan fingerprint density at radius 1 is 1.37 bits per heavy atom. The fourth-order valence-electron chi connectivity index (χ4n) is 1.92. The highest BCUT2D eigenvalue weighted by atomic mass is 19.1. The first-order valence-electron chi connectivity index (χ1n) is 5.69. The van der Waals surface area contributed by atoms with Crippen LogP contribution in [0.1, 0.15) is 10.4 Å². The van der Waals surface area contributed by atoms with Gasteiger partial charge in [0.05, 0.1) is 19.3 Å². The van der Waals surface area contributed by atoms with Crippen LogP contribution in [-0.2, 0) is 4.74 Å². The van der Waals surface area contributed by atoms with Crippen LogP contribution in [0.4, 0.5) is 13.2 Å². The number of rotatable bonds is 2. The lowest BCUT2D eigenvalue weighted by molar-refractivity contribution is -0.0449. The zero-order valence-corrected chi connectivity index (χ0v) is 9.91. The van der Waals surface area contributed by atoms with Gasteiger partial charge in [-0.25, -0.2) is 13.2 Å². The summed E-state index contributed by atoms with van der Waals surface area (Å²) in [6, 6.07) is 0.917. The van der Waals surface area contributed by atoms with Crippen LogP contribution >= 0.6 is 0 Å². The molecule has 104 valence electrons. The Morgan fingerprint density at radius 2 is 2.00 bits per heavy atom. The number of benzene rings is 1. The Morgan fingerprint density at radius 3 is 2.58 bits per heavy atom. The van der Waals surface area contributed by atoms with Gasteiger partial charge in [-0.05, 0) is 0 Å². The van der Waals surface area contributed by atoms with Gasteiger partial charge in [-0.15, -0.1) is 0 Å². The maximum Gasteiger partial charge on any atom is 0.260 e. The maximum atomic E-state index is 13.5. The summed E-state index contributed by atoms with van der Waals surface area (Å²) >= 11 is 0. The zero-order valence-electron chi connectivity index (χ0n) is 9.91. The number of hydrogen-bond acceptors (Lipinski definition) is 3. The second-order valence-electron chi connectivity index (χ2n) is 4.17. The summed E-state index contributed by atoms with van der Waals surface area (Å²) in [5.74, 6) is -4.44. The number of ether oxygens (including phenoxy) is 1. The van der Waals surface area contributed by atoms with Crippen LogP contribution in [0.15, 0.2) is 12.1 Å². The molecule has 19 heavy (non-hydrogen) atoms. The van der Waals surface area contributed by atoms with E-state index >= 15 is 0 Å². The highest BCUT2D eigenvalue weighted by Gasteiger charge is 2.28. The first-order chi connectivity index (χ1) is 9.02. The molecule has 2 rings (SSSR count). The number of hydrogen-bond donors (Lipinski definition) is 1. The molecule has 0 spiro atoms. The van der Waals surface area contributed by atoms with Gasteiger partial charge in [-0.3, -0.25) is 4.79 Å². The predicted molar refractivity (Wildman–Crippen MR) is 59.0 cm³/mol. The molecule has 1 aromatic rings. The highest BCUT2D eigenvalue weighted by Crippen LogP contribution is 2.18. The van der Waals surface area contributed by atoms with Crippen molar-refractivity contribution in [2.24, 2.45) is 0 Å². The van der Waals surface area contributed by atoms with Crippen molar-refractivity contribution in [3.8, 4) is 0 Å². The second kappa shape index (κ2) is 5.58. The van der Waals surface area contributed by atoms with Gasteiger partial charge in [0, 0.05) is 25.2 Å².